The molecule has 2 heterocycles. The molecule has 1 fully saturated rings. The van der Waals surface area contributed by atoms with E-state index in [1.54, 1.807) is 0 Å². The highest BCUT2D eigenvalue weighted by molar-refractivity contribution is 5.79. The Kier molecular flexibility index (Phi) is 3.73. The van der Waals surface area contributed by atoms with Gasteiger partial charge in [-0.2, -0.15) is 0 Å². The SMILES string of the molecule is NNC(c1ccc2ncccc2c1)C1CCOCC1. The van der Waals surface area contributed by atoms with Crippen LogP contribution in [0, 0.1) is 5.92 Å². The number of benzene rings is 1. The lowest BCUT2D eigenvalue weighted by Crippen LogP contribution is -2.36. The molecule has 0 spiro atoms. The van der Waals surface area contributed by atoms with E-state index < -0.39 is 0 Å². The fourth-order valence-electron chi connectivity index (χ4n) is 2.84. The summed E-state index contributed by atoms with van der Waals surface area (Å²) in [7, 11) is 0. The van der Waals surface area contributed by atoms with E-state index in [2.05, 4.69) is 34.7 Å². The number of aromatic nitrogens is 1. The quantitative estimate of drug-likeness (QED) is 0.653. The van der Waals surface area contributed by atoms with Gasteiger partial charge in [-0.05, 0) is 42.5 Å². The van der Waals surface area contributed by atoms with Crippen molar-refractivity contribution in [3.8, 4) is 0 Å². The third kappa shape index (κ3) is 2.61. The molecule has 100 valence electrons. The maximum absolute atomic E-state index is 5.77. The van der Waals surface area contributed by atoms with Crippen LogP contribution in [0.4, 0.5) is 0 Å². The average molecular weight is 257 g/mol. The third-order valence-corrected chi connectivity index (χ3v) is 3.90. The highest BCUT2D eigenvalue weighted by atomic mass is 16.5. The van der Waals surface area contributed by atoms with Gasteiger partial charge in [-0.1, -0.05) is 12.1 Å². The number of rotatable bonds is 3. The molecule has 1 aliphatic heterocycles. The van der Waals surface area contributed by atoms with Gasteiger partial charge in [-0.25, -0.2) is 0 Å². The first-order valence-electron chi connectivity index (χ1n) is 6.77. The van der Waals surface area contributed by atoms with Crippen LogP contribution in [0.3, 0.4) is 0 Å². The second-order valence-electron chi connectivity index (χ2n) is 5.05. The first-order valence-corrected chi connectivity index (χ1v) is 6.77. The molecule has 1 aromatic carbocycles. The molecule has 1 atom stereocenters. The van der Waals surface area contributed by atoms with Crippen LogP contribution in [-0.2, 0) is 4.74 Å². The minimum Gasteiger partial charge on any atom is -0.381 e. The van der Waals surface area contributed by atoms with E-state index in [-0.39, 0.29) is 6.04 Å². The molecule has 1 saturated heterocycles. The van der Waals surface area contributed by atoms with Crippen molar-refractivity contribution in [2.24, 2.45) is 11.8 Å². The summed E-state index contributed by atoms with van der Waals surface area (Å²) in [6.07, 6.45) is 3.93. The zero-order valence-corrected chi connectivity index (χ0v) is 10.9. The summed E-state index contributed by atoms with van der Waals surface area (Å²) in [6.45, 7) is 1.66. The highest BCUT2D eigenvalue weighted by Crippen LogP contribution is 2.30. The van der Waals surface area contributed by atoms with Gasteiger partial charge in [0.25, 0.3) is 0 Å². The molecule has 1 unspecified atom stereocenters. The van der Waals surface area contributed by atoms with Gasteiger partial charge in [-0.15, -0.1) is 0 Å². The van der Waals surface area contributed by atoms with E-state index >= 15 is 0 Å². The molecule has 3 rings (SSSR count). The first-order chi connectivity index (χ1) is 9.38. The van der Waals surface area contributed by atoms with Crippen LogP contribution in [0.2, 0.25) is 0 Å². The number of nitrogens with zero attached hydrogens (tertiary/aromatic N) is 1. The largest absolute Gasteiger partial charge is 0.381 e. The maximum Gasteiger partial charge on any atom is 0.0702 e. The van der Waals surface area contributed by atoms with Crippen LogP contribution >= 0.6 is 0 Å². The minimum atomic E-state index is 0.188. The Morgan fingerprint density at radius 3 is 2.89 bits per heavy atom. The molecule has 0 radical (unpaired) electrons. The van der Waals surface area contributed by atoms with E-state index in [0.29, 0.717) is 5.92 Å². The molecule has 0 saturated carbocycles. The van der Waals surface area contributed by atoms with Gasteiger partial charge < -0.3 is 4.74 Å². The number of nitrogens with one attached hydrogen (secondary N) is 1. The summed E-state index contributed by atoms with van der Waals surface area (Å²) < 4.78 is 5.42. The summed E-state index contributed by atoms with van der Waals surface area (Å²) in [6, 6.07) is 10.6. The molecule has 0 amide bonds. The van der Waals surface area contributed by atoms with E-state index in [1.807, 2.05) is 12.3 Å². The summed E-state index contributed by atoms with van der Waals surface area (Å²) in [5.41, 5.74) is 5.23. The number of pyridine rings is 1. The van der Waals surface area contributed by atoms with E-state index in [9.17, 15) is 0 Å². The number of hydrogen-bond donors (Lipinski definition) is 2. The Hall–Kier alpha value is -1.49. The monoisotopic (exact) mass is 257 g/mol. The van der Waals surface area contributed by atoms with Crippen LogP contribution in [0.1, 0.15) is 24.4 Å². The van der Waals surface area contributed by atoms with Crippen molar-refractivity contribution < 1.29 is 4.74 Å². The van der Waals surface area contributed by atoms with Crippen LogP contribution in [0.15, 0.2) is 36.5 Å². The minimum absolute atomic E-state index is 0.188. The molecule has 1 aromatic heterocycles. The van der Waals surface area contributed by atoms with Gasteiger partial charge in [-0.3, -0.25) is 16.3 Å². The molecule has 0 aliphatic carbocycles. The maximum atomic E-state index is 5.77. The Morgan fingerprint density at radius 2 is 2.11 bits per heavy atom. The molecule has 1 aliphatic rings. The molecule has 19 heavy (non-hydrogen) atoms. The summed E-state index contributed by atoms with van der Waals surface area (Å²) in [5, 5.41) is 1.16. The molecule has 4 heteroatoms. The molecule has 0 bridgehead atoms. The summed E-state index contributed by atoms with van der Waals surface area (Å²) >= 11 is 0. The van der Waals surface area contributed by atoms with Crippen LogP contribution < -0.4 is 11.3 Å². The van der Waals surface area contributed by atoms with Crippen LogP contribution in [0.25, 0.3) is 10.9 Å². The second kappa shape index (κ2) is 5.65. The van der Waals surface area contributed by atoms with Gasteiger partial charge in [0, 0.05) is 30.8 Å². The molecule has 3 N–H and O–H groups in total. The fourth-order valence-corrected chi connectivity index (χ4v) is 2.84. The van der Waals surface area contributed by atoms with Crippen molar-refractivity contribution in [1.29, 1.82) is 0 Å². The van der Waals surface area contributed by atoms with Gasteiger partial charge in [0.2, 0.25) is 0 Å². The highest BCUT2D eigenvalue weighted by Gasteiger charge is 2.24. The van der Waals surface area contributed by atoms with Gasteiger partial charge in [0.05, 0.1) is 5.52 Å². The third-order valence-electron chi connectivity index (χ3n) is 3.90. The number of nitrogens with two attached hydrogens (primary N) is 1. The van der Waals surface area contributed by atoms with Crippen molar-refractivity contribution >= 4 is 10.9 Å². The van der Waals surface area contributed by atoms with E-state index in [4.69, 9.17) is 10.6 Å². The normalized spacial score (nSPS) is 18.6. The van der Waals surface area contributed by atoms with Gasteiger partial charge >= 0.3 is 0 Å². The predicted octanol–water partition coefficient (Wildman–Crippen LogP) is 2.17. The zero-order chi connectivity index (χ0) is 13.1. The lowest BCUT2D eigenvalue weighted by molar-refractivity contribution is 0.0536. The lowest BCUT2D eigenvalue weighted by atomic mass is 9.87. The topological polar surface area (TPSA) is 60.2 Å². The Bertz CT molecular complexity index is 552. The van der Waals surface area contributed by atoms with Crippen molar-refractivity contribution in [1.82, 2.24) is 10.4 Å². The Morgan fingerprint density at radius 1 is 1.26 bits per heavy atom. The zero-order valence-electron chi connectivity index (χ0n) is 10.9. The summed E-state index contributed by atoms with van der Waals surface area (Å²) in [5.74, 6) is 6.31. The second-order valence-corrected chi connectivity index (χ2v) is 5.05. The number of hydrazine groups is 1. The smallest absolute Gasteiger partial charge is 0.0702 e. The van der Waals surface area contributed by atoms with Crippen molar-refractivity contribution in [2.75, 3.05) is 13.2 Å². The van der Waals surface area contributed by atoms with E-state index in [1.165, 1.54) is 5.56 Å². The van der Waals surface area contributed by atoms with Crippen LogP contribution in [-0.4, -0.2) is 18.2 Å². The average Bonchev–Trinajstić information content (AvgIpc) is 2.49. The van der Waals surface area contributed by atoms with Crippen LogP contribution in [0.5, 0.6) is 0 Å². The molecular formula is C15H19N3O. The predicted molar refractivity (Wildman–Crippen MR) is 75.4 cm³/mol. The molecule has 4 nitrogen and oxygen atoms in total. The van der Waals surface area contributed by atoms with Crippen molar-refractivity contribution in [3.05, 3.63) is 42.1 Å². The Balaban J connectivity index is 1.91. The number of hydrogen-bond acceptors (Lipinski definition) is 4. The molecule has 2 aromatic rings. The number of fused-ring (bicyclic) bond motifs is 1. The van der Waals surface area contributed by atoms with Crippen molar-refractivity contribution in [3.63, 3.8) is 0 Å². The lowest BCUT2D eigenvalue weighted by Gasteiger charge is -2.30. The van der Waals surface area contributed by atoms with Gasteiger partial charge in [0.1, 0.15) is 0 Å². The van der Waals surface area contributed by atoms with E-state index in [0.717, 1.165) is 37.0 Å². The summed E-state index contributed by atoms with van der Waals surface area (Å²) in [4.78, 5) is 4.35. The first kappa shape index (κ1) is 12.5. The molecular weight excluding hydrogens is 238 g/mol. The van der Waals surface area contributed by atoms with Gasteiger partial charge in [0.15, 0.2) is 0 Å². The fraction of sp³-hybridized carbons (Fsp3) is 0.400. The Labute approximate surface area is 112 Å². The number of ether oxygens (including phenoxy) is 1. The standard InChI is InChI=1S/C15H19N3O/c16-18-15(11-5-8-19-9-6-11)13-3-4-14-12(10-13)2-1-7-17-14/h1-4,7,10-11,15,18H,5-6,8-9,16H2. The van der Waals surface area contributed by atoms with Crippen molar-refractivity contribution in [2.45, 2.75) is 18.9 Å².